The largest absolute Gasteiger partial charge is 0.385 e. The Morgan fingerprint density at radius 2 is 2.03 bits per heavy atom. The van der Waals surface area contributed by atoms with Crippen molar-refractivity contribution in [2.45, 2.75) is 90.3 Å². The van der Waals surface area contributed by atoms with Gasteiger partial charge < -0.3 is 14.7 Å². The van der Waals surface area contributed by atoms with Gasteiger partial charge in [0.1, 0.15) is 6.10 Å². The van der Waals surface area contributed by atoms with Crippen LogP contribution in [-0.4, -0.2) is 54.6 Å². The molecule has 0 fully saturated rings. The molecule has 1 aliphatic rings. The summed E-state index contributed by atoms with van der Waals surface area (Å²) < 4.78 is 5.56. The molecule has 5 nitrogen and oxygen atoms in total. The molecule has 182 valence electrons. The van der Waals surface area contributed by atoms with Crippen LogP contribution in [0.25, 0.3) is 0 Å². The van der Waals surface area contributed by atoms with Gasteiger partial charge in [-0.3, -0.25) is 9.59 Å². The Balaban J connectivity index is 2.39. The second-order valence-corrected chi connectivity index (χ2v) is 9.05. The number of likely N-dealkylation sites (N-methyl/N-ethyl adjacent to an activating group) is 1. The van der Waals surface area contributed by atoms with Crippen LogP contribution in [0.5, 0.6) is 0 Å². The molecule has 0 radical (unpaired) electrons. The maximum absolute atomic E-state index is 12.5. The standard InChI is InChI=1S/C26H42ClNO4/c1-5-6-7-8-10-13-22(32-4)14-11-9-12-15-24(29)28(3)19-21(18-27)23-17-16-20(2)25(30)26(23)31/h9,11,17-18,20,22,25,30H,5-8,10,12-16,19H2,1-4H3/b11-9+,21-18-/t20?,22-,25?/m0/s1. The molecule has 1 N–H and O–H groups in total. The zero-order valence-corrected chi connectivity index (χ0v) is 21.1. The smallest absolute Gasteiger partial charge is 0.222 e. The van der Waals surface area contributed by atoms with Crippen molar-refractivity contribution in [2.24, 2.45) is 5.92 Å². The number of allylic oxidation sites excluding steroid dienone is 2. The van der Waals surface area contributed by atoms with Gasteiger partial charge in [0.15, 0.2) is 5.78 Å². The Morgan fingerprint density at radius 3 is 2.69 bits per heavy atom. The van der Waals surface area contributed by atoms with Gasteiger partial charge in [-0.25, -0.2) is 0 Å². The molecule has 0 heterocycles. The minimum absolute atomic E-state index is 0.0114. The number of carbonyl (C=O) groups excluding carboxylic acids is 2. The highest BCUT2D eigenvalue weighted by Crippen LogP contribution is 2.26. The van der Waals surface area contributed by atoms with Gasteiger partial charge in [0.2, 0.25) is 5.91 Å². The zero-order valence-electron chi connectivity index (χ0n) is 20.3. The lowest BCUT2D eigenvalue weighted by Gasteiger charge is -2.26. The van der Waals surface area contributed by atoms with E-state index in [0.717, 1.165) is 12.8 Å². The Morgan fingerprint density at radius 1 is 1.31 bits per heavy atom. The SMILES string of the molecule is CCCCCCC[C@@H](C/C=C/CCC(=O)N(C)C/C(=C/Cl)C1=CCC(C)C(O)C1=O)OC. The van der Waals surface area contributed by atoms with E-state index in [2.05, 4.69) is 13.0 Å². The van der Waals surface area contributed by atoms with Gasteiger partial charge in [0.05, 0.1) is 6.10 Å². The molecular weight excluding hydrogens is 426 g/mol. The van der Waals surface area contributed by atoms with E-state index < -0.39 is 6.10 Å². The van der Waals surface area contributed by atoms with Gasteiger partial charge in [-0.05, 0) is 37.2 Å². The summed E-state index contributed by atoms with van der Waals surface area (Å²) in [6.07, 6.45) is 15.1. The van der Waals surface area contributed by atoms with Crippen LogP contribution in [0.15, 0.2) is 34.9 Å². The summed E-state index contributed by atoms with van der Waals surface area (Å²) in [4.78, 5) is 26.5. The zero-order chi connectivity index (χ0) is 23.9. The van der Waals surface area contributed by atoms with Gasteiger partial charge in [0, 0.05) is 38.2 Å². The van der Waals surface area contributed by atoms with E-state index in [1.165, 1.54) is 37.6 Å². The number of ether oxygens (including phenoxy) is 1. The minimum Gasteiger partial charge on any atom is -0.385 e. The summed E-state index contributed by atoms with van der Waals surface area (Å²) in [5.74, 6) is -0.437. The fourth-order valence-corrected chi connectivity index (χ4v) is 4.02. The van der Waals surface area contributed by atoms with Crippen molar-refractivity contribution in [3.8, 4) is 0 Å². The number of amides is 1. The number of aliphatic hydroxyl groups is 1. The highest BCUT2D eigenvalue weighted by atomic mass is 35.5. The monoisotopic (exact) mass is 467 g/mol. The van der Waals surface area contributed by atoms with Crippen molar-refractivity contribution in [3.05, 3.63) is 34.9 Å². The molecule has 1 amide bonds. The van der Waals surface area contributed by atoms with Crippen LogP contribution in [0.1, 0.15) is 78.1 Å². The maximum Gasteiger partial charge on any atom is 0.222 e. The average molecular weight is 468 g/mol. The lowest BCUT2D eigenvalue weighted by atomic mass is 9.84. The number of halogens is 1. The predicted octanol–water partition coefficient (Wildman–Crippen LogP) is 5.57. The Labute approximate surface area is 199 Å². The van der Waals surface area contributed by atoms with Crippen LogP contribution in [0.4, 0.5) is 0 Å². The van der Waals surface area contributed by atoms with Gasteiger partial charge in [-0.15, -0.1) is 0 Å². The number of hydrogen-bond acceptors (Lipinski definition) is 4. The number of Topliss-reactive ketones (excluding diaryl/α,β-unsaturated/α-hetero) is 1. The molecule has 3 atom stereocenters. The second kappa shape index (κ2) is 16.2. The van der Waals surface area contributed by atoms with Crippen LogP contribution in [0.3, 0.4) is 0 Å². The third-order valence-electron chi connectivity index (χ3n) is 6.13. The third-order valence-corrected chi connectivity index (χ3v) is 6.39. The molecule has 32 heavy (non-hydrogen) atoms. The number of hydrogen-bond donors (Lipinski definition) is 1. The van der Waals surface area contributed by atoms with Crippen molar-refractivity contribution in [1.82, 2.24) is 4.90 Å². The summed E-state index contributed by atoms with van der Waals surface area (Å²) >= 11 is 5.95. The Bertz CT molecular complexity index is 671. The lowest BCUT2D eigenvalue weighted by Crippen LogP contribution is -2.35. The Kier molecular flexibility index (Phi) is 14.5. The summed E-state index contributed by atoms with van der Waals surface area (Å²) in [5.41, 5.74) is 2.32. The first-order valence-corrected chi connectivity index (χ1v) is 12.4. The normalized spacial score (nSPS) is 20.5. The molecule has 0 saturated heterocycles. The fraction of sp³-hybridized carbons (Fsp3) is 0.692. The van der Waals surface area contributed by atoms with Gasteiger partial charge in [-0.1, -0.05) is 75.8 Å². The van der Waals surface area contributed by atoms with E-state index in [-0.39, 0.29) is 30.3 Å². The van der Waals surface area contributed by atoms with Crippen LogP contribution in [0, 0.1) is 5.92 Å². The lowest BCUT2D eigenvalue weighted by molar-refractivity contribution is -0.130. The molecule has 0 bridgehead atoms. The highest BCUT2D eigenvalue weighted by molar-refractivity contribution is 6.26. The molecule has 0 spiro atoms. The van der Waals surface area contributed by atoms with Gasteiger partial charge in [0.25, 0.3) is 0 Å². The topological polar surface area (TPSA) is 66.8 Å². The first-order valence-electron chi connectivity index (χ1n) is 12.0. The molecule has 0 aliphatic heterocycles. The maximum atomic E-state index is 12.5. The van der Waals surface area contributed by atoms with Crippen molar-refractivity contribution >= 4 is 23.3 Å². The van der Waals surface area contributed by atoms with Crippen molar-refractivity contribution < 1.29 is 19.4 Å². The van der Waals surface area contributed by atoms with E-state index in [1.54, 1.807) is 19.1 Å². The van der Waals surface area contributed by atoms with Crippen LogP contribution >= 0.6 is 11.6 Å². The first kappa shape index (κ1) is 28.6. The summed E-state index contributed by atoms with van der Waals surface area (Å²) in [7, 11) is 3.47. The summed E-state index contributed by atoms with van der Waals surface area (Å²) in [5, 5.41) is 10.1. The molecule has 0 saturated carbocycles. The number of rotatable bonds is 15. The summed E-state index contributed by atoms with van der Waals surface area (Å²) in [6.45, 7) is 4.31. The van der Waals surface area contributed by atoms with Crippen molar-refractivity contribution in [1.29, 1.82) is 0 Å². The Hall–Kier alpha value is -1.43. The quantitative estimate of drug-likeness (QED) is 0.252. The number of aliphatic hydroxyl groups excluding tert-OH is 1. The molecule has 1 aliphatic carbocycles. The molecule has 0 aromatic heterocycles. The second-order valence-electron chi connectivity index (χ2n) is 8.83. The third kappa shape index (κ3) is 10.0. The predicted molar refractivity (Wildman–Crippen MR) is 132 cm³/mol. The first-order chi connectivity index (χ1) is 15.3. The van der Waals surface area contributed by atoms with E-state index in [9.17, 15) is 14.7 Å². The van der Waals surface area contributed by atoms with Crippen molar-refractivity contribution in [2.75, 3.05) is 20.7 Å². The van der Waals surface area contributed by atoms with Gasteiger partial charge >= 0.3 is 0 Å². The van der Waals surface area contributed by atoms with Crippen LogP contribution < -0.4 is 0 Å². The van der Waals surface area contributed by atoms with E-state index in [4.69, 9.17) is 16.3 Å². The molecule has 1 rings (SSSR count). The number of ketones is 1. The number of carbonyl (C=O) groups is 2. The van der Waals surface area contributed by atoms with Crippen LogP contribution in [0.2, 0.25) is 0 Å². The average Bonchev–Trinajstić information content (AvgIpc) is 2.79. The highest BCUT2D eigenvalue weighted by Gasteiger charge is 2.31. The number of unbranched alkanes of at least 4 members (excludes halogenated alkanes) is 4. The van der Waals surface area contributed by atoms with Crippen molar-refractivity contribution in [3.63, 3.8) is 0 Å². The van der Waals surface area contributed by atoms with E-state index in [1.807, 2.05) is 19.1 Å². The molecule has 2 unspecified atom stereocenters. The number of nitrogens with zero attached hydrogens (tertiary/aromatic N) is 1. The van der Waals surface area contributed by atoms with Gasteiger partial charge in [-0.2, -0.15) is 0 Å². The molecular formula is C26H42ClNO4. The summed E-state index contributed by atoms with van der Waals surface area (Å²) in [6, 6.07) is 0. The minimum atomic E-state index is -1.01. The molecule has 6 heteroatoms. The van der Waals surface area contributed by atoms with E-state index in [0.29, 0.717) is 30.4 Å². The number of methoxy groups -OCH3 is 1. The fourth-order valence-electron chi connectivity index (χ4n) is 3.83. The molecule has 0 aromatic rings. The van der Waals surface area contributed by atoms with Crippen LogP contribution in [-0.2, 0) is 14.3 Å². The molecule has 0 aromatic carbocycles. The van der Waals surface area contributed by atoms with E-state index >= 15 is 0 Å².